The van der Waals surface area contributed by atoms with Crippen molar-refractivity contribution in [3.63, 3.8) is 0 Å². The molecule has 6 heteroatoms. The molecule has 5 nitrogen and oxygen atoms in total. The molecule has 1 aromatic heterocycles. The molecule has 0 aliphatic heterocycles. The van der Waals surface area contributed by atoms with E-state index in [9.17, 15) is 9.18 Å². The number of nitrogens with zero attached hydrogens (tertiary/aromatic N) is 2. The zero-order valence-electron chi connectivity index (χ0n) is 8.49. The van der Waals surface area contributed by atoms with Gasteiger partial charge < -0.3 is 5.32 Å². The maximum atomic E-state index is 12.8. The first-order valence-electron chi connectivity index (χ1n) is 4.60. The van der Waals surface area contributed by atoms with Crippen LogP contribution in [0.15, 0.2) is 24.4 Å². The molecule has 0 fully saturated rings. The van der Waals surface area contributed by atoms with E-state index >= 15 is 0 Å². The highest BCUT2D eigenvalue weighted by Gasteiger charge is 2.10. The van der Waals surface area contributed by atoms with Gasteiger partial charge in [-0.2, -0.15) is 15.4 Å². The van der Waals surface area contributed by atoms with Gasteiger partial charge in [-0.05, 0) is 30.7 Å². The number of aromatic amines is 1. The van der Waals surface area contributed by atoms with Crippen molar-refractivity contribution >= 4 is 11.6 Å². The highest BCUT2D eigenvalue weighted by Crippen LogP contribution is 2.16. The maximum absolute atomic E-state index is 12.8. The van der Waals surface area contributed by atoms with Crippen LogP contribution >= 0.6 is 0 Å². The van der Waals surface area contributed by atoms with Crippen LogP contribution in [-0.2, 0) is 0 Å². The van der Waals surface area contributed by atoms with Crippen LogP contribution in [0.25, 0.3) is 0 Å². The maximum Gasteiger partial charge on any atom is 0.277 e. The summed E-state index contributed by atoms with van der Waals surface area (Å²) in [6, 6.07) is 4.13. The first-order chi connectivity index (χ1) is 7.66. The van der Waals surface area contributed by atoms with Crippen LogP contribution in [0, 0.1) is 12.7 Å². The smallest absolute Gasteiger partial charge is 0.277 e. The molecule has 0 aliphatic carbocycles. The van der Waals surface area contributed by atoms with Crippen molar-refractivity contribution in [3.8, 4) is 0 Å². The number of hydrogen-bond acceptors (Lipinski definition) is 3. The summed E-state index contributed by atoms with van der Waals surface area (Å²) in [5.74, 6) is -0.722. The normalized spacial score (nSPS) is 10.1. The van der Waals surface area contributed by atoms with Gasteiger partial charge >= 0.3 is 0 Å². The monoisotopic (exact) mass is 220 g/mol. The summed E-state index contributed by atoms with van der Waals surface area (Å²) >= 11 is 0. The standard InChI is InChI=1S/C10H9FN4O/c1-6-4-7(11)2-3-8(6)13-10(16)9-5-12-15-14-9/h2-5H,1H3,(H,13,16)(H,12,14,15). The molecule has 1 amide bonds. The molecule has 1 aromatic carbocycles. The fourth-order valence-corrected chi connectivity index (χ4v) is 1.26. The summed E-state index contributed by atoms with van der Waals surface area (Å²) in [4.78, 5) is 11.6. The van der Waals surface area contributed by atoms with Crippen LogP contribution in [0.1, 0.15) is 16.1 Å². The van der Waals surface area contributed by atoms with Crippen LogP contribution in [0.3, 0.4) is 0 Å². The number of hydrogen-bond donors (Lipinski definition) is 2. The Kier molecular flexibility index (Phi) is 2.63. The van der Waals surface area contributed by atoms with E-state index in [-0.39, 0.29) is 17.4 Å². The summed E-state index contributed by atoms with van der Waals surface area (Å²) in [6.07, 6.45) is 1.31. The van der Waals surface area contributed by atoms with Crippen molar-refractivity contribution < 1.29 is 9.18 Å². The number of aromatic nitrogens is 3. The molecule has 2 rings (SSSR count). The molecule has 0 spiro atoms. The van der Waals surface area contributed by atoms with E-state index in [0.717, 1.165) is 0 Å². The van der Waals surface area contributed by atoms with Gasteiger partial charge in [0.05, 0.1) is 6.20 Å². The van der Waals surface area contributed by atoms with Gasteiger partial charge in [0.25, 0.3) is 5.91 Å². The molecular weight excluding hydrogens is 211 g/mol. The molecule has 1 heterocycles. The zero-order chi connectivity index (χ0) is 11.5. The molecule has 0 atom stereocenters. The minimum atomic E-state index is -0.386. The Labute approximate surface area is 90.7 Å². The number of carbonyl (C=O) groups is 1. The highest BCUT2D eigenvalue weighted by atomic mass is 19.1. The van der Waals surface area contributed by atoms with Crippen LogP contribution in [0.4, 0.5) is 10.1 Å². The number of aryl methyl sites for hydroxylation is 1. The number of nitrogens with one attached hydrogen (secondary N) is 2. The van der Waals surface area contributed by atoms with Gasteiger partial charge in [-0.3, -0.25) is 4.79 Å². The summed E-state index contributed by atoms with van der Waals surface area (Å²) in [5.41, 5.74) is 1.38. The summed E-state index contributed by atoms with van der Waals surface area (Å²) < 4.78 is 12.8. The third-order valence-electron chi connectivity index (χ3n) is 2.08. The Balaban J connectivity index is 2.18. The Morgan fingerprint density at radius 1 is 1.50 bits per heavy atom. The Morgan fingerprint density at radius 3 is 2.94 bits per heavy atom. The first-order valence-corrected chi connectivity index (χ1v) is 4.60. The Bertz CT molecular complexity index is 510. The van der Waals surface area contributed by atoms with E-state index in [1.807, 2.05) is 0 Å². The first kappa shape index (κ1) is 10.3. The quantitative estimate of drug-likeness (QED) is 0.805. The number of H-pyrrole nitrogens is 1. The predicted octanol–water partition coefficient (Wildman–Crippen LogP) is 1.50. The molecule has 0 radical (unpaired) electrons. The van der Waals surface area contributed by atoms with Crippen LogP contribution in [-0.4, -0.2) is 21.3 Å². The number of amides is 1. The third-order valence-corrected chi connectivity index (χ3v) is 2.08. The fourth-order valence-electron chi connectivity index (χ4n) is 1.26. The minimum Gasteiger partial charge on any atom is -0.320 e. The second-order valence-corrected chi connectivity index (χ2v) is 3.27. The Hall–Kier alpha value is -2.24. The van der Waals surface area contributed by atoms with E-state index < -0.39 is 0 Å². The van der Waals surface area contributed by atoms with Crippen molar-refractivity contribution in [2.75, 3.05) is 5.32 Å². The molecule has 0 bridgehead atoms. The molecule has 16 heavy (non-hydrogen) atoms. The van der Waals surface area contributed by atoms with E-state index in [1.165, 1.54) is 24.4 Å². The van der Waals surface area contributed by atoms with Gasteiger partial charge in [-0.15, -0.1) is 0 Å². The average Bonchev–Trinajstić information content (AvgIpc) is 2.75. The van der Waals surface area contributed by atoms with Crippen LogP contribution < -0.4 is 5.32 Å². The lowest BCUT2D eigenvalue weighted by molar-refractivity contribution is 0.102. The zero-order valence-corrected chi connectivity index (χ0v) is 8.49. The topological polar surface area (TPSA) is 70.7 Å². The predicted molar refractivity (Wildman–Crippen MR) is 55.5 cm³/mol. The number of benzene rings is 1. The molecule has 0 saturated carbocycles. The summed E-state index contributed by atoms with van der Waals surface area (Å²) in [7, 11) is 0. The van der Waals surface area contributed by atoms with E-state index in [0.29, 0.717) is 11.3 Å². The van der Waals surface area contributed by atoms with Crippen LogP contribution in [0.5, 0.6) is 0 Å². The summed E-state index contributed by atoms with van der Waals surface area (Å²) in [6.45, 7) is 1.71. The molecular formula is C10H9FN4O. The van der Waals surface area contributed by atoms with Crippen LogP contribution in [0.2, 0.25) is 0 Å². The molecule has 2 aromatic rings. The minimum absolute atomic E-state index is 0.184. The second kappa shape index (κ2) is 4.09. The largest absolute Gasteiger partial charge is 0.320 e. The molecule has 2 N–H and O–H groups in total. The third kappa shape index (κ3) is 2.05. The van der Waals surface area contributed by atoms with E-state index in [1.54, 1.807) is 6.92 Å². The number of rotatable bonds is 2. The number of carbonyl (C=O) groups excluding carboxylic acids is 1. The lowest BCUT2D eigenvalue weighted by Gasteiger charge is -2.06. The molecule has 82 valence electrons. The van der Waals surface area contributed by atoms with Gasteiger partial charge in [0, 0.05) is 5.69 Å². The van der Waals surface area contributed by atoms with Crippen molar-refractivity contribution in [3.05, 3.63) is 41.5 Å². The van der Waals surface area contributed by atoms with Gasteiger partial charge in [-0.25, -0.2) is 4.39 Å². The van der Waals surface area contributed by atoms with Gasteiger partial charge in [0.2, 0.25) is 0 Å². The van der Waals surface area contributed by atoms with Crippen molar-refractivity contribution in [1.29, 1.82) is 0 Å². The SMILES string of the molecule is Cc1cc(F)ccc1NC(=O)c1cn[nH]n1. The van der Waals surface area contributed by atoms with Crippen molar-refractivity contribution in [2.24, 2.45) is 0 Å². The van der Waals surface area contributed by atoms with E-state index in [2.05, 4.69) is 20.7 Å². The van der Waals surface area contributed by atoms with Gasteiger partial charge in [0.1, 0.15) is 5.82 Å². The van der Waals surface area contributed by atoms with E-state index in [4.69, 9.17) is 0 Å². The average molecular weight is 220 g/mol. The Morgan fingerprint density at radius 2 is 2.31 bits per heavy atom. The highest BCUT2D eigenvalue weighted by molar-refractivity contribution is 6.02. The molecule has 0 aliphatic rings. The van der Waals surface area contributed by atoms with Crippen molar-refractivity contribution in [1.82, 2.24) is 15.4 Å². The van der Waals surface area contributed by atoms with Gasteiger partial charge in [0.15, 0.2) is 5.69 Å². The number of anilines is 1. The fraction of sp³-hybridized carbons (Fsp3) is 0.100. The van der Waals surface area contributed by atoms with Crippen molar-refractivity contribution in [2.45, 2.75) is 6.92 Å². The molecule has 0 saturated heterocycles. The second-order valence-electron chi connectivity index (χ2n) is 3.27. The molecule has 0 unspecified atom stereocenters. The van der Waals surface area contributed by atoms with Gasteiger partial charge in [-0.1, -0.05) is 0 Å². The lowest BCUT2D eigenvalue weighted by Crippen LogP contribution is -2.13. The number of halogens is 1. The summed E-state index contributed by atoms with van der Waals surface area (Å²) in [5, 5.41) is 12.1. The lowest BCUT2D eigenvalue weighted by atomic mass is 10.2.